The molecule has 4 rings (SSSR count). The topological polar surface area (TPSA) is 150 Å². The Morgan fingerprint density at radius 1 is 1.05 bits per heavy atom. The largest absolute Gasteiger partial charge is 0.489 e. The van der Waals surface area contributed by atoms with Crippen LogP contribution in [0.3, 0.4) is 0 Å². The van der Waals surface area contributed by atoms with Crippen molar-refractivity contribution in [2.75, 3.05) is 12.4 Å². The number of aliphatic carboxylic acids is 1. The van der Waals surface area contributed by atoms with Crippen LogP contribution < -0.4 is 15.6 Å². The molecule has 4 aromatic rings. The van der Waals surface area contributed by atoms with Crippen LogP contribution in [0.4, 0.5) is 19.3 Å². The molecule has 0 saturated carbocycles. The Hall–Kier alpha value is -5.20. The first kappa shape index (κ1) is 28.8. The first-order valence-electron chi connectivity index (χ1n) is 12.3. The fourth-order valence-corrected chi connectivity index (χ4v) is 3.96. The third-order valence-electron chi connectivity index (χ3n) is 6.17. The van der Waals surface area contributed by atoms with Gasteiger partial charge in [-0.1, -0.05) is 17.3 Å². The molecule has 0 bridgehead atoms. The van der Waals surface area contributed by atoms with Gasteiger partial charge in [0.1, 0.15) is 17.9 Å². The molecule has 0 spiro atoms. The number of Topliss-reactive ketones (excluding diaryl/α,β-unsaturated/α-hetero) is 1. The van der Waals surface area contributed by atoms with Crippen LogP contribution >= 0.6 is 0 Å². The van der Waals surface area contributed by atoms with Gasteiger partial charge in [0, 0.05) is 30.3 Å². The number of methoxy groups -OCH3 is 1. The maximum Gasteiger partial charge on any atom is 0.411 e. The van der Waals surface area contributed by atoms with Gasteiger partial charge in [-0.3, -0.25) is 19.7 Å². The molecule has 1 atom stereocenters. The summed E-state index contributed by atoms with van der Waals surface area (Å²) in [6.45, 7) is -0.0160. The van der Waals surface area contributed by atoms with Crippen LogP contribution in [-0.4, -0.2) is 45.1 Å². The van der Waals surface area contributed by atoms with Gasteiger partial charge in [-0.2, -0.15) is 0 Å². The van der Waals surface area contributed by atoms with Crippen molar-refractivity contribution in [3.05, 3.63) is 93.8 Å². The minimum Gasteiger partial charge on any atom is -0.489 e. The summed E-state index contributed by atoms with van der Waals surface area (Å²) < 4.78 is 38.1. The van der Waals surface area contributed by atoms with E-state index < -0.39 is 41.0 Å². The Bertz CT molecular complexity index is 1660. The van der Waals surface area contributed by atoms with E-state index in [1.807, 2.05) is 6.07 Å². The number of hydrogen-bond acceptors (Lipinski definition) is 8. The molecule has 212 valence electrons. The fourth-order valence-electron chi connectivity index (χ4n) is 3.96. The van der Waals surface area contributed by atoms with E-state index in [1.54, 1.807) is 30.3 Å². The second-order valence-electron chi connectivity index (χ2n) is 8.98. The van der Waals surface area contributed by atoms with Crippen molar-refractivity contribution in [1.29, 1.82) is 0 Å². The number of ketones is 1. The van der Waals surface area contributed by atoms with Gasteiger partial charge in [-0.05, 0) is 54.4 Å². The average Bonchev–Trinajstić information content (AvgIpc) is 2.96. The van der Waals surface area contributed by atoms with Gasteiger partial charge in [0.2, 0.25) is 0 Å². The Morgan fingerprint density at radius 3 is 2.49 bits per heavy atom. The molecule has 0 aliphatic rings. The molecule has 0 aliphatic carbocycles. The van der Waals surface area contributed by atoms with Crippen molar-refractivity contribution in [1.82, 2.24) is 15.0 Å². The van der Waals surface area contributed by atoms with Crippen LogP contribution in [0.25, 0.3) is 10.9 Å². The number of carboxylic acid groups (broad SMARTS) is 1. The normalized spacial score (nSPS) is 11.6. The Kier molecular flexibility index (Phi) is 8.97. The first-order valence-corrected chi connectivity index (χ1v) is 12.3. The summed E-state index contributed by atoms with van der Waals surface area (Å²) in [4.78, 5) is 48.6. The van der Waals surface area contributed by atoms with Crippen LogP contribution in [0.2, 0.25) is 0 Å². The van der Waals surface area contributed by atoms with Gasteiger partial charge in [0.05, 0.1) is 18.4 Å². The molecule has 0 aliphatic heterocycles. The summed E-state index contributed by atoms with van der Waals surface area (Å²) in [6, 6.07) is 14.6. The standard InChI is InChI=1S/C28H24F2N4O7/c1-40-28(39)31-19-4-2-3-16(11-19)15-41-20-7-5-17(6-8-20)25(35)12-18(27(37)38)9-10-34-26(36)21-13-22(29)23(30)14-24(21)32-33-34/h2-8,11,13-14,18H,9-10,12,15H2,1H3,(H,31,39)(H,37,38). The number of nitrogens with zero attached hydrogens (tertiary/aromatic N) is 3. The van der Waals surface area contributed by atoms with Crippen molar-refractivity contribution < 1.29 is 37.7 Å². The van der Waals surface area contributed by atoms with Gasteiger partial charge in [-0.15, -0.1) is 5.10 Å². The van der Waals surface area contributed by atoms with E-state index in [0.717, 1.165) is 16.3 Å². The molecule has 0 radical (unpaired) electrons. The zero-order valence-corrected chi connectivity index (χ0v) is 21.7. The van der Waals surface area contributed by atoms with E-state index in [-0.39, 0.29) is 42.5 Å². The number of benzene rings is 3. The van der Waals surface area contributed by atoms with E-state index >= 15 is 0 Å². The number of halogens is 2. The monoisotopic (exact) mass is 566 g/mol. The lowest BCUT2D eigenvalue weighted by Gasteiger charge is -2.13. The van der Waals surface area contributed by atoms with Crippen molar-refractivity contribution in [2.45, 2.75) is 26.0 Å². The first-order chi connectivity index (χ1) is 19.6. The summed E-state index contributed by atoms with van der Waals surface area (Å²) in [5.74, 6) is -4.74. The number of fused-ring (bicyclic) bond motifs is 1. The fraction of sp³-hybridized carbons (Fsp3) is 0.214. The number of nitrogens with one attached hydrogen (secondary N) is 1. The summed E-state index contributed by atoms with van der Waals surface area (Å²) in [5, 5.41) is 19.4. The molecule has 1 aromatic heterocycles. The van der Waals surface area contributed by atoms with E-state index in [9.17, 15) is 33.1 Å². The lowest BCUT2D eigenvalue weighted by Crippen LogP contribution is -2.27. The van der Waals surface area contributed by atoms with Crippen LogP contribution in [0.1, 0.15) is 28.8 Å². The zero-order chi connectivity index (χ0) is 29.5. The van der Waals surface area contributed by atoms with Crippen LogP contribution in [0, 0.1) is 17.6 Å². The molecular formula is C28H24F2N4O7. The minimum atomic E-state index is -1.24. The number of ether oxygens (including phenoxy) is 2. The molecule has 0 fully saturated rings. The SMILES string of the molecule is COC(=O)Nc1cccc(COc2ccc(C(=O)CC(CCn3nnc4cc(F)c(F)cc4c3=O)C(=O)O)cc2)c1. The van der Waals surface area contributed by atoms with Crippen molar-refractivity contribution in [3.63, 3.8) is 0 Å². The molecule has 13 heteroatoms. The van der Waals surface area contributed by atoms with Gasteiger partial charge < -0.3 is 14.6 Å². The number of amides is 1. The molecule has 11 nitrogen and oxygen atoms in total. The molecule has 0 saturated heterocycles. The minimum absolute atomic E-state index is 0.129. The maximum atomic E-state index is 13.6. The Labute approximate surface area is 231 Å². The predicted molar refractivity (Wildman–Crippen MR) is 142 cm³/mol. The molecular weight excluding hydrogens is 542 g/mol. The number of rotatable bonds is 11. The molecule has 3 aromatic carbocycles. The van der Waals surface area contributed by atoms with Crippen molar-refractivity contribution in [2.24, 2.45) is 5.92 Å². The second kappa shape index (κ2) is 12.8. The van der Waals surface area contributed by atoms with Gasteiger partial charge in [-0.25, -0.2) is 18.3 Å². The summed E-state index contributed by atoms with van der Waals surface area (Å²) in [7, 11) is 1.26. The van der Waals surface area contributed by atoms with Crippen LogP contribution in [-0.2, 0) is 22.7 Å². The molecule has 1 unspecified atom stereocenters. The lowest BCUT2D eigenvalue weighted by atomic mass is 9.95. The van der Waals surface area contributed by atoms with E-state index in [0.29, 0.717) is 17.5 Å². The highest BCUT2D eigenvalue weighted by molar-refractivity contribution is 5.98. The zero-order valence-electron chi connectivity index (χ0n) is 21.7. The summed E-state index contributed by atoms with van der Waals surface area (Å²) >= 11 is 0. The van der Waals surface area contributed by atoms with Crippen molar-refractivity contribution >= 4 is 34.4 Å². The third-order valence-corrected chi connectivity index (χ3v) is 6.17. The highest BCUT2D eigenvalue weighted by Gasteiger charge is 2.23. The number of carboxylic acids is 1. The summed E-state index contributed by atoms with van der Waals surface area (Å²) in [5.41, 5.74) is 0.690. The molecule has 41 heavy (non-hydrogen) atoms. The quantitative estimate of drug-likeness (QED) is 0.255. The van der Waals surface area contributed by atoms with E-state index in [1.165, 1.54) is 19.2 Å². The molecule has 2 N–H and O–H groups in total. The molecule has 1 heterocycles. The maximum absolute atomic E-state index is 13.6. The molecule has 1 amide bonds. The van der Waals surface area contributed by atoms with Crippen molar-refractivity contribution in [3.8, 4) is 5.75 Å². The third kappa shape index (κ3) is 7.26. The van der Waals surface area contributed by atoms with Gasteiger partial charge in [0.15, 0.2) is 17.4 Å². The number of carbonyl (C=O) groups is 3. The highest BCUT2D eigenvalue weighted by atomic mass is 19.2. The summed E-state index contributed by atoms with van der Waals surface area (Å²) in [6.07, 6.45) is -1.07. The van der Waals surface area contributed by atoms with Gasteiger partial charge >= 0.3 is 12.1 Å². The van der Waals surface area contributed by atoms with E-state index in [2.05, 4.69) is 20.4 Å². The number of aromatic nitrogens is 3. The Balaban J connectivity index is 1.35. The lowest BCUT2D eigenvalue weighted by molar-refractivity contribution is -0.142. The second-order valence-corrected chi connectivity index (χ2v) is 8.98. The average molecular weight is 567 g/mol. The number of aryl methyl sites for hydroxylation is 1. The predicted octanol–water partition coefficient (Wildman–Crippen LogP) is 4.19. The van der Waals surface area contributed by atoms with Gasteiger partial charge in [0.25, 0.3) is 5.56 Å². The van der Waals surface area contributed by atoms with Crippen LogP contribution in [0.15, 0.2) is 65.5 Å². The highest BCUT2D eigenvalue weighted by Crippen LogP contribution is 2.20. The number of carbonyl (C=O) groups excluding carboxylic acids is 2. The Morgan fingerprint density at radius 2 is 1.78 bits per heavy atom. The van der Waals surface area contributed by atoms with Crippen LogP contribution in [0.5, 0.6) is 5.75 Å². The smallest absolute Gasteiger partial charge is 0.411 e. The number of hydrogen-bond donors (Lipinski definition) is 2. The van der Waals surface area contributed by atoms with E-state index in [4.69, 9.17) is 4.74 Å². The number of anilines is 1.